The fourth-order valence-corrected chi connectivity index (χ4v) is 2.67. The van der Waals surface area contributed by atoms with E-state index in [9.17, 15) is 0 Å². The Balaban J connectivity index is 1.71. The van der Waals surface area contributed by atoms with Crippen LogP contribution in [0.2, 0.25) is 0 Å². The molecule has 0 fully saturated rings. The normalized spacial score (nSPS) is 17.6. The molecule has 17 heavy (non-hydrogen) atoms. The van der Waals surface area contributed by atoms with Crippen LogP contribution >= 0.6 is 15.9 Å². The van der Waals surface area contributed by atoms with E-state index in [-0.39, 0.29) is 0 Å². The van der Waals surface area contributed by atoms with Crippen LogP contribution in [0.25, 0.3) is 0 Å². The third kappa shape index (κ3) is 2.37. The molecule has 0 saturated carbocycles. The summed E-state index contributed by atoms with van der Waals surface area (Å²) in [7, 11) is 0. The predicted octanol–water partition coefficient (Wildman–Crippen LogP) is 4.03. The minimum absolute atomic E-state index is 0.536. The second kappa shape index (κ2) is 4.53. The van der Waals surface area contributed by atoms with Gasteiger partial charge in [-0.2, -0.15) is 0 Å². The zero-order valence-corrected chi connectivity index (χ0v) is 11.1. The summed E-state index contributed by atoms with van der Waals surface area (Å²) in [5.41, 5.74) is 4.13. The molecule has 0 aliphatic carbocycles. The summed E-state index contributed by atoms with van der Waals surface area (Å²) in [5.74, 6) is 0. The van der Waals surface area contributed by atoms with Gasteiger partial charge in [0.2, 0.25) is 0 Å². The van der Waals surface area contributed by atoms with Crippen molar-refractivity contribution >= 4 is 21.6 Å². The smallest absolute Gasteiger partial charge is 0.0375 e. The molecule has 2 heteroatoms. The maximum Gasteiger partial charge on any atom is 0.0375 e. The maximum atomic E-state index is 3.59. The molecule has 0 spiro atoms. The number of hydrogen-bond donors (Lipinski definition) is 1. The molecule has 2 aromatic rings. The fourth-order valence-electron chi connectivity index (χ4n) is 2.40. The van der Waals surface area contributed by atoms with E-state index in [2.05, 4.69) is 69.8 Å². The quantitative estimate of drug-likeness (QED) is 0.879. The van der Waals surface area contributed by atoms with Crippen molar-refractivity contribution in [3.8, 4) is 0 Å². The number of fused-ring (bicyclic) bond motifs is 1. The highest BCUT2D eigenvalue weighted by atomic mass is 79.9. The van der Waals surface area contributed by atoms with Gasteiger partial charge in [-0.3, -0.25) is 0 Å². The summed E-state index contributed by atoms with van der Waals surface area (Å²) >= 11 is 3.47. The van der Waals surface area contributed by atoms with Crippen LogP contribution in [0.5, 0.6) is 0 Å². The van der Waals surface area contributed by atoms with Crippen molar-refractivity contribution in [3.63, 3.8) is 0 Å². The summed E-state index contributed by atoms with van der Waals surface area (Å²) < 4.78 is 1.14. The number of nitrogens with one attached hydrogen (secondary N) is 1. The van der Waals surface area contributed by atoms with E-state index >= 15 is 0 Å². The van der Waals surface area contributed by atoms with Crippen molar-refractivity contribution in [1.29, 1.82) is 0 Å². The standard InChI is InChI=1S/C15H14BrN/c16-13-7-5-11(6-8-13)9-14-10-12-3-1-2-4-15(12)17-14/h1-8,14,17H,9-10H2. The second-order valence-electron chi connectivity index (χ2n) is 4.53. The molecule has 1 unspecified atom stereocenters. The summed E-state index contributed by atoms with van der Waals surface area (Å²) in [6, 6.07) is 17.7. The zero-order valence-electron chi connectivity index (χ0n) is 9.49. The summed E-state index contributed by atoms with van der Waals surface area (Å²) in [6.07, 6.45) is 2.22. The van der Waals surface area contributed by atoms with Crippen LogP contribution in [-0.4, -0.2) is 6.04 Å². The molecule has 1 heterocycles. The van der Waals surface area contributed by atoms with Gasteiger partial charge in [-0.05, 0) is 42.2 Å². The van der Waals surface area contributed by atoms with E-state index in [1.54, 1.807) is 0 Å². The Labute approximate surface area is 110 Å². The van der Waals surface area contributed by atoms with Gasteiger partial charge >= 0.3 is 0 Å². The van der Waals surface area contributed by atoms with Gasteiger partial charge in [0.1, 0.15) is 0 Å². The predicted molar refractivity (Wildman–Crippen MR) is 75.4 cm³/mol. The number of rotatable bonds is 2. The van der Waals surface area contributed by atoms with E-state index in [0.717, 1.165) is 17.3 Å². The topological polar surface area (TPSA) is 12.0 Å². The Hall–Kier alpha value is -1.28. The van der Waals surface area contributed by atoms with Crippen molar-refractivity contribution in [1.82, 2.24) is 0 Å². The van der Waals surface area contributed by atoms with Crippen molar-refractivity contribution < 1.29 is 0 Å². The SMILES string of the molecule is Brc1ccc(CC2Cc3ccccc3N2)cc1. The van der Waals surface area contributed by atoms with Crippen molar-refractivity contribution in [2.45, 2.75) is 18.9 Å². The third-order valence-corrected chi connectivity index (χ3v) is 3.77. The molecule has 0 amide bonds. The Kier molecular flexibility index (Phi) is 2.89. The lowest BCUT2D eigenvalue weighted by Crippen LogP contribution is -2.18. The molecule has 0 saturated heterocycles. The molecule has 86 valence electrons. The largest absolute Gasteiger partial charge is 0.381 e. The highest BCUT2D eigenvalue weighted by Gasteiger charge is 2.19. The minimum atomic E-state index is 0.536. The minimum Gasteiger partial charge on any atom is -0.381 e. The van der Waals surface area contributed by atoms with E-state index in [1.165, 1.54) is 16.8 Å². The average Bonchev–Trinajstić information content (AvgIpc) is 2.74. The van der Waals surface area contributed by atoms with Crippen LogP contribution in [0.3, 0.4) is 0 Å². The number of para-hydroxylation sites is 1. The Bertz CT molecular complexity index is 494. The highest BCUT2D eigenvalue weighted by Crippen LogP contribution is 2.27. The first-order chi connectivity index (χ1) is 8.31. The lowest BCUT2D eigenvalue weighted by atomic mass is 10.0. The molecule has 0 radical (unpaired) electrons. The van der Waals surface area contributed by atoms with Gasteiger partial charge in [-0.25, -0.2) is 0 Å². The first kappa shape index (κ1) is 10.8. The average molecular weight is 288 g/mol. The van der Waals surface area contributed by atoms with Gasteiger partial charge in [0.25, 0.3) is 0 Å². The molecule has 1 aliphatic heterocycles. The lowest BCUT2D eigenvalue weighted by molar-refractivity contribution is 0.746. The monoisotopic (exact) mass is 287 g/mol. The second-order valence-corrected chi connectivity index (χ2v) is 5.45. The molecule has 3 rings (SSSR count). The Morgan fingerprint density at radius 1 is 1.06 bits per heavy atom. The fraction of sp³-hybridized carbons (Fsp3) is 0.200. The zero-order chi connectivity index (χ0) is 11.7. The van der Waals surface area contributed by atoms with Crippen LogP contribution in [0, 0.1) is 0 Å². The van der Waals surface area contributed by atoms with Crippen molar-refractivity contribution in [3.05, 3.63) is 64.1 Å². The van der Waals surface area contributed by atoms with Crippen molar-refractivity contribution in [2.24, 2.45) is 0 Å². The van der Waals surface area contributed by atoms with E-state index in [0.29, 0.717) is 6.04 Å². The van der Waals surface area contributed by atoms with Crippen LogP contribution in [0.15, 0.2) is 53.0 Å². The summed E-state index contributed by atoms with van der Waals surface area (Å²) in [6.45, 7) is 0. The molecule has 0 aromatic heterocycles. The van der Waals surface area contributed by atoms with Gasteiger partial charge in [-0.1, -0.05) is 46.3 Å². The Morgan fingerprint density at radius 3 is 2.59 bits per heavy atom. The third-order valence-electron chi connectivity index (χ3n) is 3.24. The first-order valence-electron chi connectivity index (χ1n) is 5.90. The lowest BCUT2D eigenvalue weighted by Gasteiger charge is -2.11. The summed E-state index contributed by atoms with van der Waals surface area (Å²) in [5, 5.41) is 3.59. The molecular formula is C15H14BrN. The van der Waals surface area contributed by atoms with Gasteiger partial charge in [-0.15, -0.1) is 0 Å². The van der Waals surface area contributed by atoms with Crippen LogP contribution in [0.1, 0.15) is 11.1 Å². The first-order valence-corrected chi connectivity index (χ1v) is 6.69. The molecular weight excluding hydrogens is 274 g/mol. The number of hydrogen-bond acceptors (Lipinski definition) is 1. The summed E-state index contributed by atoms with van der Waals surface area (Å²) in [4.78, 5) is 0. The van der Waals surface area contributed by atoms with Crippen LogP contribution in [-0.2, 0) is 12.8 Å². The van der Waals surface area contributed by atoms with Crippen LogP contribution in [0.4, 0.5) is 5.69 Å². The molecule has 1 atom stereocenters. The van der Waals surface area contributed by atoms with Gasteiger partial charge < -0.3 is 5.32 Å². The van der Waals surface area contributed by atoms with Crippen molar-refractivity contribution in [2.75, 3.05) is 5.32 Å². The van der Waals surface area contributed by atoms with E-state index in [4.69, 9.17) is 0 Å². The van der Waals surface area contributed by atoms with Gasteiger partial charge in [0.05, 0.1) is 0 Å². The maximum absolute atomic E-state index is 3.59. The van der Waals surface area contributed by atoms with E-state index < -0.39 is 0 Å². The molecule has 1 nitrogen and oxygen atoms in total. The van der Waals surface area contributed by atoms with Gasteiger partial charge in [0, 0.05) is 16.2 Å². The highest BCUT2D eigenvalue weighted by molar-refractivity contribution is 9.10. The van der Waals surface area contributed by atoms with Crippen LogP contribution < -0.4 is 5.32 Å². The Morgan fingerprint density at radius 2 is 1.82 bits per heavy atom. The van der Waals surface area contributed by atoms with E-state index in [1.807, 2.05) is 0 Å². The number of anilines is 1. The number of halogens is 1. The molecule has 1 aliphatic rings. The van der Waals surface area contributed by atoms with Gasteiger partial charge in [0.15, 0.2) is 0 Å². The number of benzene rings is 2. The molecule has 2 aromatic carbocycles. The molecule has 0 bridgehead atoms. The molecule has 1 N–H and O–H groups in total.